The average Bonchev–Trinajstić information content (AvgIpc) is 3.55. The van der Waals surface area contributed by atoms with Gasteiger partial charge in [0.1, 0.15) is 18.7 Å². The van der Waals surface area contributed by atoms with Crippen molar-refractivity contribution >= 4 is 34.7 Å². The van der Waals surface area contributed by atoms with Gasteiger partial charge in [0.2, 0.25) is 11.8 Å². The highest BCUT2D eigenvalue weighted by Gasteiger charge is 2.32. The van der Waals surface area contributed by atoms with Crippen molar-refractivity contribution < 1.29 is 29.0 Å². The van der Waals surface area contributed by atoms with Crippen LogP contribution in [0.15, 0.2) is 121 Å². The van der Waals surface area contributed by atoms with E-state index in [0.717, 1.165) is 33.2 Å². The summed E-state index contributed by atoms with van der Waals surface area (Å²) in [4.78, 5) is 56.3. The van der Waals surface area contributed by atoms with Gasteiger partial charge in [-0.25, -0.2) is 4.79 Å². The van der Waals surface area contributed by atoms with Crippen molar-refractivity contribution in [2.24, 2.45) is 0 Å². The Morgan fingerprint density at radius 3 is 1.96 bits per heavy atom. The fourth-order valence-corrected chi connectivity index (χ4v) is 5.50. The monoisotopic (exact) mass is 675 g/mol. The molecule has 4 amide bonds. The van der Waals surface area contributed by atoms with Gasteiger partial charge in [0.25, 0.3) is 5.91 Å². The number of carbonyl (C=O) groups is 4. The summed E-state index contributed by atoms with van der Waals surface area (Å²) < 4.78 is 5.26. The van der Waals surface area contributed by atoms with Gasteiger partial charge < -0.3 is 36.1 Å². The molecule has 4 aromatic carbocycles. The van der Waals surface area contributed by atoms with Crippen LogP contribution < -0.4 is 21.3 Å². The molecular weight excluding hydrogens is 634 g/mol. The number of carbonyl (C=O) groups excluding carboxylic acids is 4. The zero-order chi connectivity index (χ0) is 35.3. The highest BCUT2D eigenvalue weighted by Crippen LogP contribution is 2.20. The fourth-order valence-electron chi connectivity index (χ4n) is 5.50. The Kier molecular flexibility index (Phi) is 12.3. The van der Waals surface area contributed by atoms with Gasteiger partial charge in [0.05, 0.1) is 6.04 Å². The summed E-state index contributed by atoms with van der Waals surface area (Å²) in [5.41, 5.74) is 4.05. The summed E-state index contributed by atoms with van der Waals surface area (Å²) in [7, 11) is 0. The van der Waals surface area contributed by atoms with Crippen molar-refractivity contribution in [3.63, 3.8) is 0 Å². The zero-order valence-corrected chi connectivity index (χ0v) is 27.7. The quantitative estimate of drug-likeness (QED) is 0.0987. The topological polar surface area (TPSA) is 162 Å². The summed E-state index contributed by atoms with van der Waals surface area (Å²) in [5.74, 6) is -1.89. The van der Waals surface area contributed by atoms with E-state index in [1.54, 1.807) is 6.20 Å². The predicted octanol–water partition coefficient (Wildman–Crippen LogP) is 3.91. The molecule has 0 aliphatic heterocycles. The van der Waals surface area contributed by atoms with Crippen LogP contribution in [0.3, 0.4) is 0 Å². The number of H-pyrrole nitrogens is 1. The van der Waals surface area contributed by atoms with Crippen LogP contribution in [0.1, 0.15) is 29.2 Å². The van der Waals surface area contributed by atoms with E-state index in [4.69, 9.17) is 4.74 Å². The highest BCUT2D eigenvalue weighted by atomic mass is 16.5. The summed E-state index contributed by atoms with van der Waals surface area (Å²) in [6.07, 6.45) is -0.395. The highest BCUT2D eigenvalue weighted by molar-refractivity contribution is 5.93. The van der Waals surface area contributed by atoms with Gasteiger partial charge in [-0.3, -0.25) is 14.4 Å². The number of aliphatic hydroxyl groups is 1. The summed E-state index contributed by atoms with van der Waals surface area (Å²) in [6, 6.07) is 31.9. The van der Waals surface area contributed by atoms with Crippen LogP contribution in [0.4, 0.5) is 4.79 Å². The minimum Gasteiger partial charge on any atom is -0.445 e. The van der Waals surface area contributed by atoms with Crippen LogP contribution >= 0.6 is 0 Å². The first-order chi connectivity index (χ1) is 24.3. The second-order valence-electron chi connectivity index (χ2n) is 12.0. The molecule has 0 radical (unpaired) electrons. The van der Waals surface area contributed by atoms with E-state index in [9.17, 15) is 24.3 Å². The summed E-state index contributed by atoms with van der Waals surface area (Å²) in [6.45, 7) is 1.70. The van der Waals surface area contributed by atoms with E-state index in [2.05, 4.69) is 26.3 Å². The fraction of sp³-hybridized carbons (Fsp3) is 0.231. The maximum absolute atomic E-state index is 14.1. The van der Waals surface area contributed by atoms with Gasteiger partial charge in [-0.2, -0.15) is 0 Å². The molecule has 11 heteroatoms. The van der Waals surface area contributed by atoms with E-state index in [1.165, 1.54) is 6.92 Å². The van der Waals surface area contributed by atoms with Gasteiger partial charge >= 0.3 is 6.09 Å². The number of aliphatic hydroxyl groups excluding tert-OH is 1. The van der Waals surface area contributed by atoms with Crippen molar-refractivity contribution in [2.45, 2.75) is 57.1 Å². The number of alkyl carbamates (subject to hydrolysis) is 1. The Morgan fingerprint density at radius 1 is 0.680 bits per heavy atom. The predicted molar refractivity (Wildman–Crippen MR) is 190 cm³/mol. The Bertz CT molecular complexity index is 1870. The smallest absolute Gasteiger partial charge is 0.408 e. The number of amides is 4. The molecule has 5 rings (SSSR count). The van der Waals surface area contributed by atoms with Gasteiger partial charge in [-0.05, 0) is 41.7 Å². The summed E-state index contributed by atoms with van der Waals surface area (Å²) >= 11 is 0. The molecule has 0 aliphatic carbocycles. The number of fused-ring (bicyclic) bond motifs is 1. The molecular formula is C39H41N5O6. The molecule has 0 saturated carbocycles. The molecule has 1 unspecified atom stereocenters. The Balaban J connectivity index is 1.31. The third kappa shape index (κ3) is 10.0. The lowest BCUT2D eigenvalue weighted by atomic mass is 9.98. The standard InChI is InChI=1S/C39H41N5O6/c1-26(42-39(49)50-25-29-17-9-4-10-18-29)36(46)44-34(22-30-24-40-32-20-12-11-19-31(30)32)37(47)43-33(21-27-13-5-2-6-14-27)35(45)38(48)41-23-28-15-7-3-8-16-28/h2-20,24,26,33-35,40,45H,21-23,25H2,1H3,(H,41,48)(H,42,49)(H,43,47)(H,44,46)/t26-,33?,34-,35-/m0/s1. The first kappa shape index (κ1) is 35.4. The zero-order valence-electron chi connectivity index (χ0n) is 27.7. The molecule has 1 aromatic heterocycles. The maximum Gasteiger partial charge on any atom is 0.408 e. The van der Waals surface area contributed by atoms with E-state index in [-0.39, 0.29) is 26.0 Å². The van der Waals surface area contributed by atoms with Crippen LogP contribution in [0, 0.1) is 0 Å². The number of aromatic amines is 1. The lowest BCUT2D eigenvalue weighted by Gasteiger charge is -2.27. The van der Waals surface area contributed by atoms with Crippen LogP contribution in [-0.2, 0) is 45.1 Å². The van der Waals surface area contributed by atoms with E-state index in [1.807, 2.05) is 115 Å². The number of hydrogen-bond acceptors (Lipinski definition) is 6. The normalized spacial score (nSPS) is 13.3. The van der Waals surface area contributed by atoms with Gasteiger partial charge in [0, 0.05) is 30.1 Å². The van der Waals surface area contributed by atoms with Crippen molar-refractivity contribution in [1.29, 1.82) is 0 Å². The van der Waals surface area contributed by atoms with Crippen molar-refractivity contribution in [1.82, 2.24) is 26.3 Å². The molecule has 1 heterocycles. The third-order valence-electron chi connectivity index (χ3n) is 8.26. The molecule has 0 spiro atoms. The molecule has 50 heavy (non-hydrogen) atoms. The van der Waals surface area contributed by atoms with E-state index < -0.39 is 48.0 Å². The largest absolute Gasteiger partial charge is 0.445 e. The Morgan fingerprint density at radius 2 is 1.28 bits per heavy atom. The first-order valence-electron chi connectivity index (χ1n) is 16.4. The maximum atomic E-state index is 14.1. The van der Waals surface area contributed by atoms with Gasteiger partial charge in [-0.15, -0.1) is 0 Å². The molecule has 0 fully saturated rings. The lowest BCUT2D eigenvalue weighted by Crippen LogP contribution is -2.58. The second kappa shape index (κ2) is 17.5. The number of ether oxygens (including phenoxy) is 1. The number of aromatic nitrogens is 1. The molecule has 0 aliphatic rings. The number of rotatable bonds is 15. The van der Waals surface area contributed by atoms with Crippen molar-refractivity contribution in [2.75, 3.05) is 0 Å². The van der Waals surface area contributed by atoms with E-state index >= 15 is 0 Å². The van der Waals surface area contributed by atoms with Gasteiger partial charge in [-0.1, -0.05) is 109 Å². The second-order valence-corrected chi connectivity index (χ2v) is 12.0. The Labute approximate surface area is 290 Å². The number of nitrogens with one attached hydrogen (secondary N) is 5. The SMILES string of the molecule is C[C@H](NC(=O)OCc1ccccc1)C(=O)N[C@@H](Cc1c[nH]c2ccccc12)C(=O)NC(Cc1ccccc1)[C@H](O)C(=O)NCc1ccccc1. The molecule has 6 N–H and O–H groups in total. The van der Waals surface area contributed by atoms with Crippen LogP contribution in [-0.4, -0.2) is 58.1 Å². The molecule has 0 bridgehead atoms. The van der Waals surface area contributed by atoms with Gasteiger partial charge in [0.15, 0.2) is 6.10 Å². The lowest BCUT2D eigenvalue weighted by molar-refractivity contribution is -0.134. The average molecular weight is 676 g/mol. The minimum atomic E-state index is -1.60. The molecule has 258 valence electrons. The molecule has 4 atom stereocenters. The van der Waals surface area contributed by atoms with Crippen LogP contribution in [0.25, 0.3) is 10.9 Å². The van der Waals surface area contributed by atoms with E-state index in [0.29, 0.717) is 0 Å². The van der Waals surface area contributed by atoms with Crippen LogP contribution in [0.5, 0.6) is 0 Å². The molecule has 0 saturated heterocycles. The third-order valence-corrected chi connectivity index (χ3v) is 8.26. The van der Waals surface area contributed by atoms with Crippen molar-refractivity contribution in [3.8, 4) is 0 Å². The Hall–Kier alpha value is -5.94. The minimum absolute atomic E-state index is 0.0245. The number of benzene rings is 4. The number of para-hydroxylation sites is 1. The van der Waals surface area contributed by atoms with Crippen molar-refractivity contribution in [3.05, 3.63) is 144 Å². The van der Waals surface area contributed by atoms with Crippen LogP contribution in [0.2, 0.25) is 0 Å². The summed E-state index contributed by atoms with van der Waals surface area (Å²) in [5, 5.41) is 23.0. The molecule has 11 nitrogen and oxygen atoms in total. The first-order valence-corrected chi connectivity index (χ1v) is 16.4. The number of hydrogen-bond donors (Lipinski definition) is 6. The molecule has 5 aromatic rings.